The Morgan fingerprint density at radius 2 is 1.96 bits per heavy atom. The molecule has 0 spiro atoms. The molecule has 0 bridgehead atoms. The molecular weight excluding hydrogens is 308 g/mol. The number of carbonyl (C=O) groups excluding carboxylic acids is 1. The second kappa shape index (κ2) is 6.54. The number of nitrogens with zero attached hydrogens (tertiary/aromatic N) is 2. The highest BCUT2D eigenvalue weighted by Gasteiger charge is 2.08. The van der Waals surface area contributed by atoms with E-state index in [4.69, 9.17) is 4.74 Å². The van der Waals surface area contributed by atoms with Gasteiger partial charge in [-0.1, -0.05) is 12.1 Å². The summed E-state index contributed by atoms with van der Waals surface area (Å²) in [5.41, 5.74) is 2.17. The maximum Gasteiger partial charge on any atom is 0.337 e. The molecule has 0 saturated carbocycles. The molecule has 6 nitrogen and oxygen atoms in total. The van der Waals surface area contributed by atoms with Crippen molar-refractivity contribution in [3.63, 3.8) is 0 Å². The largest absolute Gasteiger partial charge is 0.487 e. The van der Waals surface area contributed by atoms with Gasteiger partial charge in [-0.2, -0.15) is 0 Å². The lowest BCUT2D eigenvalue weighted by Crippen LogP contribution is -2.18. The fourth-order valence-electron chi connectivity index (χ4n) is 2.43. The molecule has 0 radical (unpaired) electrons. The number of fused-ring (bicyclic) bond motifs is 1. The quantitative estimate of drug-likeness (QED) is 0.689. The topological polar surface area (TPSA) is 69.9 Å². The Bertz CT molecular complexity index is 963. The van der Waals surface area contributed by atoms with Crippen LogP contribution >= 0.6 is 0 Å². The first kappa shape index (κ1) is 15.7. The van der Waals surface area contributed by atoms with Gasteiger partial charge in [0.15, 0.2) is 0 Å². The van der Waals surface area contributed by atoms with Gasteiger partial charge in [0.25, 0.3) is 5.56 Å². The van der Waals surface area contributed by atoms with E-state index in [-0.39, 0.29) is 12.2 Å². The van der Waals surface area contributed by atoms with Gasteiger partial charge < -0.3 is 9.47 Å². The zero-order valence-electron chi connectivity index (χ0n) is 13.4. The van der Waals surface area contributed by atoms with Crippen LogP contribution < -0.4 is 10.3 Å². The molecule has 0 atom stereocenters. The molecule has 0 unspecified atom stereocenters. The molecule has 6 heteroatoms. The maximum atomic E-state index is 12.2. The number of methoxy groups -OCH3 is 1. The molecule has 0 aliphatic rings. The lowest BCUT2D eigenvalue weighted by Gasteiger charge is -2.09. The first-order valence-corrected chi connectivity index (χ1v) is 7.38. The van der Waals surface area contributed by atoms with Gasteiger partial charge in [0.1, 0.15) is 18.0 Å². The average Bonchev–Trinajstić information content (AvgIpc) is 2.59. The van der Waals surface area contributed by atoms with Gasteiger partial charge in [-0.25, -0.2) is 9.78 Å². The van der Waals surface area contributed by atoms with E-state index in [0.29, 0.717) is 22.7 Å². The predicted octanol–water partition coefficient (Wildman–Crippen LogP) is 2.37. The number of carbonyl (C=O) groups is 1. The van der Waals surface area contributed by atoms with Crippen LogP contribution in [0.4, 0.5) is 0 Å². The van der Waals surface area contributed by atoms with Crippen LogP contribution in [-0.2, 0) is 11.3 Å². The Labute approximate surface area is 138 Å². The number of esters is 1. The summed E-state index contributed by atoms with van der Waals surface area (Å²) in [4.78, 5) is 28.2. The van der Waals surface area contributed by atoms with Gasteiger partial charge in [0, 0.05) is 11.8 Å². The molecule has 3 rings (SSSR count). The van der Waals surface area contributed by atoms with Crippen molar-refractivity contribution in [3.05, 3.63) is 75.8 Å². The van der Waals surface area contributed by atoms with Crippen molar-refractivity contribution in [1.82, 2.24) is 9.38 Å². The summed E-state index contributed by atoms with van der Waals surface area (Å²) in [5, 5.41) is 0. The van der Waals surface area contributed by atoms with Crippen LogP contribution in [0.1, 0.15) is 21.7 Å². The van der Waals surface area contributed by atoms with E-state index in [1.54, 1.807) is 34.7 Å². The molecule has 2 aromatic heterocycles. The van der Waals surface area contributed by atoms with Crippen LogP contribution in [0.3, 0.4) is 0 Å². The highest BCUT2D eigenvalue weighted by Crippen LogP contribution is 2.15. The second-order valence-corrected chi connectivity index (χ2v) is 5.25. The van der Waals surface area contributed by atoms with E-state index in [9.17, 15) is 9.59 Å². The molecule has 0 aliphatic heterocycles. The van der Waals surface area contributed by atoms with Crippen molar-refractivity contribution < 1.29 is 14.3 Å². The monoisotopic (exact) mass is 324 g/mol. The summed E-state index contributed by atoms with van der Waals surface area (Å²) in [6.07, 6.45) is 0. The second-order valence-electron chi connectivity index (χ2n) is 5.25. The molecule has 122 valence electrons. The van der Waals surface area contributed by atoms with Crippen LogP contribution in [0, 0.1) is 6.92 Å². The number of benzene rings is 1. The van der Waals surface area contributed by atoms with E-state index in [0.717, 1.165) is 5.69 Å². The summed E-state index contributed by atoms with van der Waals surface area (Å²) in [6, 6.07) is 13.6. The average molecular weight is 324 g/mol. The summed E-state index contributed by atoms with van der Waals surface area (Å²) in [7, 11) is 1.32. The van der Waals surface area contributed by atoms with Gasteiger partial charge in [-0.3, -0.25) is 9.20 Å². The van der Waals surface area contributed by atoms with Crippen molar-refractivity contribution in [2.75, 3.05) is 7.11 Å². The Morgan fingerprint density at radius 1 is 1.17 bits per heavy atom. The molecule has 0 fully saturated rings. The number of ether oxygens (including phenoxy) is 2. The highest BCUT2D eigenvalue weighted by atomic mass is 16.5. The minimum atomic E-state index is -0.432. The lowest BCUT2D eigenvalue weighted by atomic mass is 10.2. The standard InChI is InChI=1S/C18H16N2O4/c1-12-5-3-8-16-19-14(10-17(21)20(12)16)11-24-15-7-4-6-13(9-15)18(22)23-2/h3-10H,11H2,1-2H3. The first-order chi connectivity index (χ1) is 11.6. The summed E-state index contributed by atoms with van der Waals surface area (Å²) in [6.45, 7) is 1.98. The van der Waals surface area contributed by atoms with Gasteiger partial charge in [-0.05, 0) is 37.3 Å². The van der Waals surface area contributed by atoms with Crippen LogP contribution in [0.2, 0.25) is 0 Å². The first-order valence-electron chi connectivity index (χ1n) is 7.38. The zero-order valence-corrected chi connectivity index (χ0v) is 13.4. The third-order valence-electron chi connectivity index (χ3n) is 3.58. The van der Waals surface area contributed by atoms with Gasteiger partial charge in [0.05, 0.1) is 18.4 Å². The molecule has 0 saturated heterocycles. The lowest BCUT2D eigenvalue weighted by molar-refractivity contribution is 0.0600. The Morgan fingerprint density at radius 3 is 2.75 bits per heavy atom. The molecule has 0 amide bonds. The smallest absolute Gasteiger partial charge is 0.337 e. The third-order valence-corrected chi connectivity index (χ3v) is 3.58. The number of aryl methyl sites for hydroxylation is 1. The molecule has 0 N–H and O–H groups in total. The number of hydrogen-bond donors (Lipinski definition) is 0. The molecular formula is C18H16N2O4. The van der Waals surface area contributed by atoms with E-state index in [1.165, 1.54) is 13.2 Å². The van der Waals surface area contributed by atoms with Crippen LogP contribution in [-0.4, -0.2) is 22.5 Å². The van der Waals surface area contributed by atoms with E-state index < -0.39 is 5.97 Å². The Kier molecular flexibility index (Phi) is 4.29. The fourth-order valence-corrected chi connectivity index (χ4v) is 2.43. The van der Waals surface area contributed by atoms with Gasteiger partial charge in [0.2, 0.25) is 0 Å². The number of hydrogen-bond acceptors (Lipinski definition) is 5. The third kappa shape index (κ3) is 3.12. The molecule has 24 heavy (non-hydrogen) atoms. The normalized spacial score (nSPS) is 10.6. The van der Waals surface area contributed by atoms with Crippen LogP contribution in [0.15, 0.2) is 53.3 Å². The van der Waals surface area contributed by atoms with Gasteiger partial charge >= 0.3 is 5.97 Å². The van der Waals surface area contributed by atoms with Crippen molar-refractivity contribution in [2.24, 2.45) is 0 Å². The highest BCUT2D eigenvalue weighted by molar-refractivity contribution is 5.89. The SMILES string of the molecule is COC(=O)c1cccc(OCc2cc(=O)n3c(C)cccc3n2)c1. The Balaban J connectivity index is 1.84. The number of pyridine rings is 1. The van der Waals surface area contributed by atoms with Gasteiger partial charge in [-0.15, -0.1) is 0 Å². The van der Waals surface area contributed by atoms with Crippen molar-refractivity contribution in [1.29, 1.82) is 0 Å². The van der Waals surface area contributed by atoms with Crippen LogP contribution in [0.5, 0.6) is 5.75 Å². The minimum absolute atomic E-state index is 0.129. The summed E-state index contributed by atoms with van der Waals surface area (Å²) in [5.74, 6) is 0.0714. The van der Waals surface area contributed by atoms with E-state index in [1.807, 2.05) is 19.1 Å². The molecule has 2 heterocycles. The molecule has 3 aromatic rings. The van der Waals surface area contributed by atoms with Crippen molar-refractivity contribution in [3.8, 4) is 5.75 Å². The molecule has 1 aromatic carbocycles. The fraction of sp³-hybridized carbons (Fsp3) is 0.167. The van der Waals surface area contributed by atoms with E-state index in [2.05, 4.69) is 9.72 Å². The van der Waals surface area contributed by atoms with E-state index >= 15 is 0 Å². The summed E-state index contributed by atoms with van der Waals surface area (Å²) >= 11 is 0. The predicted molar refractivity (Wildman–Crippen MR) is 88.3 cm³/mol. The Hall–Kier alpha value is -3.15. The number of rotatable bonds is 4. The van der Waals surface area contributed by atoms with Crippen molar-refractivity contribution >= 4 is 11.6 Å². The zero-order chi connectivity index (χ0) is 17.1. The number of aromatic nitrogens is 2. The van der Waals surface area contributed by atoms with Crippen LogP contribution in [0.25, 0.3) is 5.65 Å². The minimum Gasteiger partial charge on any atom is -0.487 e. The molecule has 0 aliphatic carbocycles. The summed E-state index contributed by atoms with van der Waals surface area (Å²) < 4.78 is 11.9. The maximum absolute atomic E-state index is 12.2. The van der Waals surface area contributed by atoms with Crippen molar-refractivity contribution in [2.45, 2.75) is 13.5 Å².